The van der Waals surface area contributed by atoms with Gasteiger partial charge in [-0.3, -0.25) is 0 Å². The van der Waals surface area contributed by atoms with Crippen molar-refractivity contribution in [3.8, 4) is 5.75 Å². The van der Waals surface area contributed by atoms with Gasteiger partial charge in [0.25, 0.3) is 0 Å². The number of nitrogens with one attached hydrogen (secondary N) is 1. The summed E-state index contributed by atoms with van der Waals surface area (Å²) in [7, 11) is 0. The lowest BCUT2D eigenvalue weighted by Gasteiger charge is -2.15. The summed E-state index contributed by atoms with van der Waals surface area (Å²) in [6, 6.07) is 18.9. The molecule has 2 nitrogen and oxygen atoms in total. The van der Waals surface area contributed by atoms with Gasteiger partial charge in [-0.15, -0.1) is 0 Å². The van der Waals surface area contributed by atoms with Gasteiger partial charge in [0.05, 0.1) is 0 Å². The van der Waals surface area contributed by atoms with E-state index < -0.39 is 0 Å². The van der Waals surface area contributed by atoms with E-state index in [0.29, 0.717) is 12.6 Å². The Hall–Kier alpha value is -1.80. The molecule has 0 bridgehead atoms. The zero-order valence-corrected chi connectivity index (χ0v) is 11.6. The molecule has 0 spiro atoms. The van der Waals surface area contributed by atoms with E-state index in [1.807, 2.05) is 30.3 Å². The van der Waals surface area contributed by atoms with Crippen molar-refractivity contribution >= 4 is 0 Å². The standard InChI is InChI=1S/C17H21NO/c1-14-7-6-8-16(13-14)15(2)18-11-12-19-17-9-4-3-5-10-17/h3-10,13,15,18H,11-12H2,1-2H3/t15-/m0/s1. The minimum absolute atomic E-state index is 0.347. The van der Waals surface area contributed by atoms with Crippen molar-refractivity contribution in [2.45, 2.75) is 19.9 Å². The van der Waals surface area contributed by atoms with Gasteiger partial charge in [-0.2, -0.15) is 0 Å². The SMILES string of the molecule is Cc1cccc([C@H](C)NCCOc2ccccc2)c1. The van der Waals surface area contributed by atoms with Gasteiger partial charge in [0.15, 0.2) is 0 Å². The van der Waals surface area contributed by atoms with Crippen molar-refractivity contribution < 1.29 is 4.74 Å². The van der Waals surface area contributed by atoms with Crippen molar-refractivity contribution in [3.05, 3.63) is 65.7 Å². The summed E-state index contributed by atoms with van der Waals surface area (Å²) >= 11 is 0. The largest absolute Gasteiger partial charge is 0.492 e. The first-order valence-corrected chi connectivity index (χ1v) is 6.73. The Morgan fingerprint density at radius 3 is 2.58 bits per heavy atom. The minimum atomic E-state index is 0.347. The van der Waals surface area contributed by atoms with Crippen LogP contribution in [0, 0.1) is 6.92 Å². The molecule has 19 heavy (non-hydrogen) atoms. The first-order valence-electron chi connectivity index (χ1n) is 6.73. The van der Waals surface area contributed by atoms with Crippen LogP contribution in [0.15, 0.2) is 54.6 Å². The fourth-order valence-electron chi connectivity index (χ4n) is 2.02. The Bertz CT molecular complexity index is 496. The molecular formula is C17H21NO. The summed E-state index contributed by atoms with van der Waals surface area (Å²) in [6.45, 7) is 5.82. The molecule has 2 aromatic rings. The molecule has 0 aliphatic carbocycles. The summed E-state index contributed by atoms with van der Waals surface area (Å²) in [5, 5.41) is 3.47. The van der Waals surface area contributed by atoms with Crippen LogP contribution >= 0.6 is 0 Å². The topological polar surface area (TPSA) is 21.3 Å². The lowest BCUT2D eigenvalue weighted by Crippen LogP contribution is -2.24. The summed E-state index contributed by atoms with van der Waals surface area (Å²) in [4.78, 5) is 0. The summed E-state index contributed by atoms with van der Waals surface area (Å²) in [5.41, 5.74) is 2.62. The molecule has 2 heteroatoms. The van der Waals surface area contributed by atoms with Gasteiger partial charge in [-0.05, 0) is 31.5 Å². The second-order valence-electron chi connectivity index (χ2n) is 4.75. The normalized spacial score (nSPS) is 12.1. The Morgan fingerprint density at radius 1 is 1.05 bits per heavy atom. The monoisotopic (exact) mass is 255 g/mol. The van der Waals surface area contributed by atoms with E-state index in [1.54, 1.807) is 0 Å². The van der Waals surface area contributed by atoms with Crippen molar-refractivity contribution in [3.63, 3.8) is 0 Å². The molecule has 1 atom stereocenters. The quantitative estimate of drug-likeness (QED) is 0.794. The average Bonchev–Trinajstić information content (AvgIpc) is 2.44. The highest BCUT2D eigenvalue weighted by Gasteiger charge is 2.04. The van der Waals surface area contributed by atoms with Gasteiger partial charge in [0, 0.05) is 12.6 Å². The number of ether oxygens (including phenoxy) is 1. The summed E-state index contributed by atoms with van der Waals surface area (Å²) in [6.07, 6.45) is 0. The minimum Gasteiger partial charge on any atom is -0.492 e. The molecule has 0 fully saturated rings. The first-order chi connectivity index (χ1) is 9.25. The third-order valence-electron chi connectivity index (χ3n) is 3.11. The van der Waals surface area contributed by atoms with Gasteiger partial charge in [0.1, 0.15) is 12.4 Å². The van der Waals surface area contributed by atoms with Crippen LogP contribution in [-0.2, 0) is 0 Å². The van der Waals surface area contributed by atoms with E-state index in [-0.39, 0.29) is 0 Å². The van der Waals surface area contributed by atoms with Crippen LogP contribution < -0.4 is 10.1 Å². The first kappa shape index (κ1) is 13.6. The number of para-hydroxylation sites is 1. The molecule has 2 rings (SSSR count). The molecule has 0 aliphatic rings. The van der Waals surface area contributed by atoms with Crippen LogP contribution in [0.25, 0.3) is 0 Å². The molecule has 0 unspecified atom stereocenters. The van der Waals surface area contributed by atoms with Crippen LogP contribution in [0.5, 0.6) is 5.75 Å². The van der Waals surface area contributed by atoms with E-state index in [4.69, 9.17) is 4.74 Å². The van der Waals surface area contributed by atoms with Crippen LogP contribution in [0.4, 0.5) is 0 Å². The second kappa shape index (κ2) is 6.95. The highest BCUT2D eigenvalue weighted by atomic mass is 16.5. The molecular weight excluding hydrogens is 234 g/mol. The smallest absolute Gasteiger partial charge is 0.119 e. The molecule has 0 heterocycles. The number of hydrogen-bond acceptors (Lipinski definition) is 2. The molecule has 100 valence electrons. The Labute approximate surface area is 115 Å². The predicted octanol–water partition coefficient (Wildman–Crippen LogP) is 3.72. The van der Waals surface area contributed by atoms with Crippen LogP contribution in [0.1, 0.15) is 24.1 Å². The van der Waals surface area contributed by atoms with Gasteiger partial charge in [-0.25, -0.2) is 0 Å². The highest BCUT2D eigenvalue weighted by Crippen LogP contribution is 2.13. The lowest BCUT2D eigenvalue weighted by atomic mass is 10.1. The maximum atomic E-state index is 5.65. The van der Waals surface area contributed by atoms with Crippen molar-refractivity contribution in [1.29, 1.82) is 0 Å². The third-order valence-corrected chi connectivity index (χ3v) is 3.11. The molecule has 0 radical (unpaired) electrons. The number of hydrogen-bond donors (Lipinski definition) is 1. The highest BCUT2D eigenvalue weighted by molar-refractivity contribution is 5.24. The number of rotatable bonds is 6. The van der Waals surface area contributed by atoms with Crippen LogP contribution in [-0.4, -0.2) is 13.2 Å². The van der Waals surface area contributed by atoms with Crippen molar-refractivity contribution in [2.24, 2.45) is 0 Å². The van der Waals surface area contributed by atoms with Crippen LogP contribution in [0.2, 0.25) is 0 Å². The summed E-state index contributed by atoms with van der Waals surface area (Å²) < 4.78 is 5.65. The lowest BCUT2D eigenvalue weighted by molar-refractivity contribution is 0.307. The van der Waals surface area contributed by atoms with Gasteiger partial charge < -0.3 is 10.1 Å². The molecule has 0 saturated carbocycles. The Kier molecular flexibility index (Phi) is 4.99. The number of aryl methyl sites for hydroxylation is 1. The van der Waals surface area contributed by atoms with E-state index >= 15 is 0 Å². The average molecular weight is 255 g/mol. The van der Waals surface area contributed by atoms with Crippen LogP contribution in [0.3, 0.4) is 0 Å². The maximum absolute atomic E-state index is 5.65. The third kappa shape index (κ3) is 4.42. The molecule has 0 aliphatic heterocycles. The van der Waals surface area contributed by atoms with Crippen molar-refractivity contribution in [1.82, 2.24) is 5.32 Å². The Morgan fingerprint density at radius 2 is 1.84 bits per heavy atom. The van der Waals surface area contributed by atoms with E-state index in [0.717, 1.165) is 12.3 Å². The fraction of sp³-hybridized carbons (Fsp3) is 0.294. The van der Waals surface area contributed by atoms with E-state index in [1.165, 1.54) is 11.1 Å². The zero-order chi connectivity index (χ0) is 13.5. The van der Waals surface area contributed by atoms with E-state index in [2.05, 4.69) is 43.4 Å². The van der Waals surface area contributed by atoms with E-state index in [9.17, 15) is 0 Å². The second-order valence-corrected chi connectivity index (χ2v) is 4.75. The predicted molar refractivity (Wildman–Crippen MR) is 79.5 cm³/mol. The number of benzene rings is 2. The van der Waals surface area contributed by atoms with Crippen molar-refractivity contribution in [2.75, 3.05) is 13.2 Å². The maximum Gasteiger partial charge on any atom is 0.119 e. The fourth-order valence-corrected chi connectivity index (χ4v) is 2.02. The molecule has 0 amide bonds. The molecule has 2 aromatic carbocycles. The molecule has 0 aromatic heterocycles. The van der Waals surface area contributed by atoms with Gasteiger partial charge in [0.2, 0.25) is 0 Å². The molecule has 1 N–H and O–H groups in total. The van der Waals surface area contributed by atoms with Gasteiger partial charge in [-0.1, -0.05) is 48.0 Å². The summed E-state index contributed by atoms with van der Waals surface area (Å²) in [5.74, 6) is 0.924. The molecule has 0 saturated heterocycles. The zero-order valence-electron chi connectivity index (χ0n) is 11.6. The van der Waals surface area contributed by atoms with Gasteiger partial charge >= 0.3 is 0 Å². The Balaban J connectivity index is 1.74.